The van der Waals surface area contributed by atoms with Crippen LogP contribution in [0.1, 0.15) is 23.6 Å². The lowest BCUT2D eigenvalue weighted by Gasteiger charge is -2.20. The van der Waals surface area contributed by atoms with Crippen LogP contribution >= 0.6 is 0 Å². The molecule has 0 aliphatic heterocycles. The number of urea groups is 1. The number of nitrogens with one attached hydrogen (secondary N) is 2. The summed E-state index contributed by atoms with van der Waals surface area (Å²) in [4.78, 5) is 20.4. The Balaban J connectivity index is 1.57. The molecule has 2 N–H and O–H groups in total. The molecule has 0 aliphatic rings. The van der Waals surface area contributed by atoms with Gasteiger partial charge >= 0.3 is 6.03 Å². The lowest BCUT2D eigenvalue weighted by Crippen LogP contribution is -2.39. The number of nitrogens with zero attached hydrogens (tertiary/aromatic N) is 3. The van der Waals surface area contributed by atoms with E-state index in [-0.39, 0.29) is 12.1 Å². The molecule has 0 spiro atoms. The summed E-state index contributed by atoms with van der Waals surface area (Å²) in [5, 5.41) is 5.96. The van der Waals surface area contributed by atoms with Gasteiger partial charge in [0.1, 0.15) is 0 Å². The number of aromatic nitrogens is 3. The molecule has 6 nitrogen and oxygen atoms in total. The van der Waals surface area contributed by atoms with Crippen molar-refractivity contribution in [1.29, 1.82) is 0 Å². The van der Waals surface area contributed by atoms with E-state index in [9.17, 15) is 4.79 Å². The second-order valence-electron chi connectivity index (χ2n) is 5.68. The fourth-order valence-corrected chi connectivity index (χ4v) is 2.63. The van der Waals surface area contributed by atoms with Gasteiger partial charge in [-0.3, -0.25) is 4.98 Å². The normalized spacial score (nSPS) is 11.7. The van der Waals surface area contributed by atoms with Gasteiger partial charge in [0.25, 0.3) is 0 Å². The maximum atomic E-state index is 12.3. The van der Waals surface area contributed by atoms with Crippen molar-refractivity contribution in [2.75, 3.05) is 6.54 Å². The first-order valence-corrected chi connectivity index (χ1v) is 8.28. The van der Waals surface area contributed by atoms with Gasteiger partial charge in [0.15, 0.2) is 0 Å². The molecule has 0 saturated heterocycles. The number of carbonyl (C=O) groups is 1. The van der Waals surface area contributed by atoms with Gasteiger partial charge < -0.3 is 15.2 Å². The van der Waals surface area contributed by atoms with Crippen LogP contribution in [0, 0.1) is 0 Å². The molecule has 3 rings (SSSR count). The summed E-state index contributed by atoms with van der Waals surface area (Å²) in [6.45, 7) is 1.43. The topological polar surface area (TPSA) is 71.8 Å². The molecule has 0 saturated carbocycles. The summed E-state index contributed by atoms with van der Waals surface area (Å²) in [6, 6.07) is 13.3. The zero-order valence-corrected chi connectivity index (χ0v) is 13.9. The van der Waals surface area contributed by atoms with Gasteiger partial charge in [0.2, 0.25) is 0 Å². The number of benzene rings is 1. The van der Waals surface area contributed by atoms with E-state index < -0.39 is 0 Å². The van der Waals surface area contributed by atoms with E-state index in [2.05, 4.69) is 20.6 Å². The standard InChI is InChI=1S/C19H21N5O/c25-19(22-9-4-13-24-14-12-21-15-24)23-18(16-5-2-1-3-6-16)17-7-10-20-11-8-17/h1-3,5-8,10-12,14-15,18H,4,9,13H2,(H2,22,23,25). The zero-order chi connectivity index (χ0) is 17.3. The number of carbonyl (C=O) groups excluding carboxylic acids is 1. The van der Waals surface area contributed by atoms with Crippen LogP contribution in [0.25, 0.3) is 0 Å². The molecule has 2 heterocycles. The average Bonchev–Trinajstić information content (AvgIpc) is 3.18. The molecule has 25 heavy (non-hydrogen) atoms. The molecule has 2 amide bonds. The van der Waals surface area contributed by atoms with Gasteiger partial charge in [0, 0.05) is 37.9 Å². The van der Waals surface area contributed by atoms with Gasteiger partial charge in [-0.25, -0.2) is 9.78 Å². The molecule has 0 bridgehead atoms. The van der Waals surface area contributed by atoms with Gasteiger partial charge in [-0.05, 0) is 29.7 Å². The third-order valence-electron chi connectivity index (χ3n) is 3.89. The molecule has 1 atom stereocenters. The molecule has 1 aromatic carbocycles. The lowest BCUT2D eigenvalue weighted by atomic mass is 10.00. The SMILES string of the molecule is O=C(NCCCn1ccnc1)NC(c1ccccc1)c1ccncc1. The molecule has 0 radical (unpaired) electrons. The number of aryl methyl sites for hydroxylation is 1. The molecule has 0 fully saturated rings. The van der Waals surface area contributed by atoms with Crippen LogP contribution in [-0.4, -0.2) is 27.1 Å². The van der Waals surface area contributed by atoms with Crippen LogP contribution < -0.4 is 10.6 Å². The molecule has 3 aromatic rings. The van der Waals surface area contributed by atoms with E-state index in [1.54, 1.807) is 24.9 Å². The Kier molecular flexibility index (Phi) is 5.77. The quantitative estimate of drug-likeness (QED) is 0.652. The second kappa shape index (κ2) is 8.63. The molecular weight excluding hydrogens is 314 g/mol. The third-order valence-corrected chi connectivity index (χ3v) is 3.89. The van der Waals surface area contributed by atoms with Gasteiger partial charge in [-0.1, -0.05) is 30.3 Å². The Hall–Kier alpha value is -3.15. The van der Waals surface area contributed by atoms with Gasteiger partial charge in [0.05, 0.1) is 12.4 Å². The van der Waals surface area contributed by atoms with Crippen molar-refractivity contribution in [3.05, 3.63) is 84.7 Å². The first kappa shape index (κ1) is 16.7. The molecule has 0 aliphatic carbocycles. The minimum absolute atomic E-state index is 0.184. The van der Waals surface area contributed by atoms with Crippen molar-refractivity contribution in [2.45, 2.75) is 19.0 Å². The summed E-state index contributed by atoms with van der Waals surface area (Å²) in [5.41, 5.74) is 2.03. The average molecular weight is 335 g/mol. The summed E-state index contributed by atoms with van der Waals surface area (Å²) >= 11 is 0. The Morgan fingerprint density at radius 1 is 1.00 bits per heavy atom. The first-order chi connectivity index (χ1) is 12.3. The van der Waals surface area contributed by atoms with Crippen molar-refractivity contribution in [1.82, 2.24) is 25.2 Å². The molecule has 2 aromatic heterocycles. The van der Waals surface area contributed by atoms with Gasteiger partial charge in [-0.2, -0.15) is 0 Å². The van der Waals surface area contributed by atoms with E-state index >= 15 is 0 Å². The Morgan fingerprint density at radius 2 is 1.76 bits per heavy atom. The minimum Gasteiger partial charge on any atom is -0.338 e. The van der Waals surface area contributed by atoms with Crippen LogP contribution in [0.15, 0.2) is 73.6 Å². The zero-order valence-electron chi connectivity index (χ0n) is 13.9. The Morgan fingerprint density at radius 3 is 2.48 bits per heavy atom. The van der Waals surface area contributed by atoms with E-state index in [0.29, 0.717) is 6.54 Å². The van der Waals surface area contributed by atoms with E-state index in [4.69, 9.17) is 0 Å². The molecular formula is C19H21N5O. The monoisotopic (exact) mass is 335 g/mol. The fourth-order valence-electron chi connectivity index (χ4n) is 2.63. The fraction of sp³-hybridized carbons (Fsp3) is 0.211. The molecule has 128 valence electrons. The maximum Gasteiger partial charge on any atom is 0.315 e. The summed E-state index contributed by atoms with van der Waals surface area (Å²) in [5.74, 6) is 0. The number of hydrogen-bond acceptors (Lipinski definition) is 3. The molecule has 6 heteroatoms. The molecule has 1 unspecified atom stereocenters. The highest BCUT2D eigenvalue weighted by atomic mass is 16.2. The van der Waals surface area contributed by atoms with Gasteiger partial charge in [-0.15, -0.1) is 0 Å². The van der Waals surface area contributed by atoms with Crippen molar-refractivity contribution in [3.63, 3.8) is 0 Å². The Bertz CT molecular complexity index is 720. The summed E-state index contributed by atoms with van der Waals surface area (Å²) in [6.07, 6.45) is 9.74. The lowest BCUT2D eigenvalue weighted by molar-refractivity contribution is 0.238. The highest BCUT2D eigenvalue weighted by Crippen LogP contribution is 2.21. The Labute approximate surface area is 146 Å². The minimum atomic E-state index is -0.210. The van der Waals surface area contributed by atoms with Crippen LogP contribution in [0.2, 0.25) is 0 Å². The number of imidazole rings is 1. The third kappa shape index (κ3) is 4.91. The van der Waals surface area contributed by atoms with E-state index in [0.717, 1.165) is 24.1 Å². The van der Waals surface area contributed by atoms with Crippen LogP contribution in [0.3, 0.4) is 0 Å². The van der Waals surface area contributed by atoms with E-state index in [1.807, 2.05) is 53.2 Å². The highest BCUT2D eigenvalue weighted by molar-refractivity contribution is 5.75. The first-order valence-electron chi connectivity index (χ1n) is 8.28. The summed E-state index contributed by atoms with van der Waals surface area (Å²) < 4.78 is 1.99. The largest absolute Gasteiger partial charge is 0.338 e. The van der Waals surface area contributed by atoms with Crippen molar-refractivity contribution >= 4 is 6.03 Å². The number of pyridine rings is 1. The predicted molar refractivity (Wildman–Crippen MR) is 95.9 cm³/mol. The van der Waals surface area contributed by atoms with Crippen LogP contribution in [0.4, 0.5) is 4.79 Å². The highest BCUT2D eigenvalue weighted by Gasteiger charge is 2.16. The number of amides is 2. The maximum absolute atomic E-state index is 12.3. The van der Waals surface area contributed by atoms with Crippen LogP contribution in [0.5, 0.6) is 0 Å². The number of hydrogen-bond donors (Lipinski definition) is 2. The van der Waals surface area contributed by atoms with Crippen LogP contribution in [-0.2, 0) is 6.54 Å². The van der Waals surface area contributed by atoms with Crippen molar-refractivity contribution in [2.24, 2.45) is 0 Å². The summed E-state index contributed by atoms with van der Waals surface area (Å²) in [7, 11) is 0. The van der Waals surface area contributed by atoms with Crippen molar-refractivity contribution in [3.8, 4) is 0 Å². The smallest absolute Gasteiger partial charge is 0.315 e. The van der Waals surface area contributed by atoms with E-state index in [1.165, 1.54) is 0 Å². The second-order valence-corrected chi connectivity index (χ2v) is 5.68. The number of rotatable bonds is 7. The predicted octanol–water partition coefficient (Wildman–Crippen LogP) is 2.76. The van der Waals surface area contributed by atoms with Crippen molar-refractivity contribution < 1.29 is 4.79 Å².